The van der Waals surface area contributed by atoms with Gasteiger partial charge in [0.1, 0.15) is 0 Å². The zero-order valence-electron chi connectivity index (χ0n) is 7.53. The van der Waals surface area contributed by atoms with Crippen molar-refractivity contribution in [3.63, 3.8) is 0 Å². The van der Waals surface area contributed by atoms with Gasteiger partial charge in [0.25, 0.3) is 0 Å². The summed E-state index contributed by atoms with van der Waals surface area (Å²) in [6, 6.07) is 1.99. The third-order valence-electron chi connectivity index (χ3n) is 1.45. The Balaban J connectivity index is 0.000000336. The molecule has 2 nitrogen and oxygen atoms in total. The van der Waals surface area contributed by atoms with Crippen molar-refractivity contribution in [2.45, 2.75) is 20.8 Å². The molecule has 2 aromatic rings. The first-order chi connectivity index (χ1) is 5.88. The first-order valence-electron chi connectivity index (χ1n) is 4.04. The summed E-state index contributed by atoms with van der Waals surface area (Å²) in [6.45, 7) is 6.00. The Bertz CT molecular complexity index is 354. The molecule has 2 heterocycles. The van der Waals surface area contributed by atoms with Crippen LogP contribution in [0.2, 0.25) is 0 Å². The van der Waals surface area contributed by atoms with Crippen molar-refractivity contribution in [3.05, 3.63) is 24.2 Å². The van der Waals surface area contributed by atoms with Crippen molar-refractivity contribution in [1.82, 2.24) is 9.36 Å². The van der Waals surface area contributed by atoms with Gasteiger partial charge in [0.15, 0.2) is 0 Å². The minimum absolute atomic E-state index is 1.08. The largest absolute Gasteiger partial charge is 0.264 e. The Kier molecular flexibility index (Phi) is 3.17. The summed E-state index contributed by atoms with van der Waals surface area (Å²) >= 11 is 1.52. The third kappa shape index (κ3) is 1.61. The van der Waals surface area contributed by atoms with Crippen LogP contribution in [0.5, 0.6) is 0 Å². The molecular formula is C9H12N2S. The number of nitrogens with zero attached hydrogens (tertiary/aromatic N) is 2. The number of fused-ring (bicyclic) bond motifs is 1. The van der Waals surface area contributed by atoms with E-state index in [9.17, 15) is 0 Å². The lowest BCUT2D eigenvalue weighted by atomic mass is 10.3. The minimum atomic E-state index is 1.08. The fourth-order valence-electron chi connectivity index (χ4n) is 0.900. The lowest BCUT2D eigenvalue weighted by Crippen LogP contribution is -1.70. The van der Waals surface area contributed by atoms with Crippen molar-refractivity contribution in [2.75, 3.05) is 0 Å². The average molecular weight is 180 g/mol. The number of aromatic nitrogens is 2. The zero-order valence-corrected chi connectivity index (χ0v) is 8.35. The van der Waals surface area contributed by atoms with E-state index >= 15 is 0 Å². The fourth-order valence-corrected chi connectivity index (χ4v) is 1.65. The molecular weight excluding hydrogens is 168 g/mol. The highest BCUT2D eigenvalue weighted by atomic mass is 32.1. The van der Waals surface area contributed by atoms with Gasteiger partial charge in [-0.25, -0.2) is 0 Å². The van der Waals surface area contributed by atoms with Gasteiger partial charge >= 0.3 is 0 Å². The van der Waals surface area contributed by atoms with E-state index in [1.165, 1.54) is 21.6 Å². The molecule has 0 amide bonds. The van der Waals surface area contributed by atoms with Gasteiger partial charge < -0.3 is 0 Å². The molecule has 0 N–H and O–H groups in total. The predicted molar refractivity (Wildman–Crippen MR) is 53.5 cm³/mol. The number of hydrogen-bond donors (Lipinski definition) is 0. The summed E-state index contributed by atoms with van der Waals surface area (Å²) in [5, 5.41) is 1.17. The monoisotopic (exact) mass is 180 g/mol. The summed E-state index contributed by atoms with van der Waals surface area (Å²) in [5.41, 5.74) is 1.08. The molecule has 0 unspecified atom stereocenters. The van der Waals surface area contributed by atoms with Gasteiger partial charge in [0.2, 0.25) is 0 Å². The highest BCUT2D eigenvalue weighted by Crippen LogP contribution is 2.19. The van der Waals surface area contributed by atoms with Crippen LogP contribution in [0, 0.1) is 6.92 Å². The molecule has 0 radical (unpaired) electrons. The van der Waals surface area contributed by atoms with Crippen molar-refractivity contribution in [2.24, 2.45) is 0 Å². The van der Waals surface area contributed by atoms with E-state index in [0.717, 1.165) is 5.69 Å². The van der Waals surface area contributed by atoms with Gasteiger partial charge in [-0.2, -0.15) is 4.37 Å². The normalized spacial score (nSPS) is 9.25. The zero-order chi connectivity index (χ0) is 8.97. The van der Waals surface area contributed by atoms with E-state index in [1.54, 1.807) is 6.20 Å². The van der Waals surface area contributed by atoms with Crippen LogP contribution < -0.4 is 0 Å². The maximum Gasteiger partial charge on any atom is 0.0605 e. The molecule has 0 aliphatic rings. The molecule has 2 aromatic heterocycles. The number of hydrogen-bond acceptors (Lipinski definition) is 3. The van der Waals surface area contributed by atoms with Crippen LogP contribution in [-0.4, -0.2) is 9.36 Å². The summed E-state index contributed by atoms with van der Waals surface area (Å²) in [7, 11) is 0. The van der Waals surface area contributed by atoms with Gasteiger partial charge in [0.05, 0.1) is 10.4 Å². The topological polar surface area (TPSA) is 25.8 Å². The van der Waals surface area contributed by atoms with Crippen LogP contribution >= 0.6 is 11.5 Å². The van der Waals surface area contributed by atoms with E-state index in [0.29, 0.717) is 0 Å². The van der Waals surface area contributed by atoms with Crippen LogP contribution in [-0.2, 0) is 0 Å². The van der Waals surface area contributed by atoms with Gasteiger partial charge in [0, 0.05) is 17.8 Å². The van der Waals surface area contributed by atoms with Crippen LogP contribution in [0.25, 0.3) is 10.1 Å². The molecule has 0 saturated carbocycles. The molecule has 64 valence electrons. The third-order valence-corrected chi connectivity index (χ3v) is 2.37. The molecule has 0 spiro atoms. The lowest BCUT2D eigenvalue weighted by molar-refractivity contribution is 1.33. The van der Waals surface area contributed by atoms with E-state index in [-0.39, 0.29) is 0 Å². The second kappa shape index (κ2) is 4.16. The van der Waals surface area contributed by atoms with Crippen molar-refractivity contribution >= 4 is 21.6 Å². The molecule has 0 bridgehead atoms. The Hall–Kier alpha value is -0.960. The smallest absolute Gasteiger partial charge is 0.0605 e. The summed E-state index contributed by atoms with van der Waals surface area (Å²) in [5.74, 6) is 0. The lowest BCUT2D eigenvalue weighted by Gasteiger charge is -1.84. The van der Waals surface area contributed by atoms with Crippen molar-refractivity contribution in [1.29, 1.82) is 0 Å². The van der Waals surface area contributed by atoms with Crippen LogP contribution in [0.4, 0.5) is 0 Å². The SMILES string of the molecule is CC.Cc1nsc2ccncc12. The average Bonchev–Trinajstić information content (AvgIpc) is 2.53. The fraction of sp³-hybridized carbons (Fsp3) is 0.333. The van der Waals surface area contributed by atoms with E-state index < -0.39 is 0 Å². The minimum Gasteiger partial charge on any atom is -0.264 e. The summed E-state index contributed by atoms with van der Waals surface area (Å²) < 4.78 is 5.41. The summed E-state index contributed by atoms with van der Waals surface area (Å²) in [4.78, 5) is 4.01. The predicted octanol–water partition coefficient (Wildman–Crippen LogP) is 3.03. The molecule has 0 atom stereocenters. The molecule has 2 rings (SSSR count). The maximum atomic E-state index is 4.20. The molecule has 12 heavy (non-hydrogen) atoms. The Morgan fingerprint density at radius 2 is 2.08 bits per heavy atom. The maximum absolute atomic E-state index is 4.20. The van der Waals surface area contributed by atoms with Gasteiger partial charge in [-0.1, -0.05) is 13.8 Å². The highest BCUT2D eigenvalue weighted by Gasteiger charge is 1.98. The molecule has 0 aliphatic heterocycles. The van der Waals surface area contributed by atoms with Gasteiger partial charge in [-0.3, -0.25) is 4.98 Å². The second-order valence-corrected chi connectivity index (χ2v) is 2.94. The number of aryl methyl sites for hydroxylation is 1. The first kappa shape index (κ1) is 9.13. The molecule has 0 saturated heterocycles. The molecule has 0 fully saturated rings. The molecule has 3 heteroatoms. The van der Waals surface area contributed by atoms with E-state index in [4.69, 9.17) is 0 Å². The molecule has 0 aliphatic carbocycles. The van der Waals surface area contributed by atoms with E-state index in [2.05, 4.69) is 9.36 Å². The van der Waals surface area contributed by atoms with Crippen LogP contribution in [0.15, 0.2) is 18.5 Å². The quantitative estimate of drug-likeness (QED) is 0.622. The Labute approximate surface area is 76.4 Å². The molecule has 0 aromatic carbocycles. The van der Waals surface area contributed by atoms with Crippen molar-refractivity contribution < 1.29 is 0 Å². The van der Waals surface area contributed by atoms with E-state index in [1.807, 2.05) is 33.0 Å². The van der Waals surface area contributed by atoms with Crippen LogP contribution in [0.1, 0.15) is 19.5 Å². The van der Waals surface area contributed by atoms with Gasteiger partial charge in [-0.15, -0.1) is 0 Å². The van der Waals surface area contributed by atoms with Crippen LogP contribution in [0.3, 0.4) is 0 Å². The standard InChI is InChI=1S/C7H6N2S.C2H6/c1-5-6-4-8-3-2-7(6)10-9-5;1-2/h2-4H,1H3;1-2H3. The second-order valence-electron chi connectivity index (χ2n) is 2.14. The Morgan fingerprint density at radius 1 is 1.33 bits per heavy atom. The highest BCUT2D eigenvalue weighted by molar-refractivity contribution is 7.13. The first-order valence-corrected chi connectivity index (χ1v) is 4.81. The van der Waals surface area contributed by atoms with Gasteiger partial charge in [-0.05, 0) is 24.5 Å². The number of rotatable bonds is 0. The summed E-state index contributed by atoms with van der Waals surface area (Å²) in [6.07, 6.45) is 3.65. The van der Waals surface area contributed by atoms with Crippen molar-refractivity contribution in [3.8, 4) is 0 Å². The number of pyridine rings is 1. The Morgan fingerprint density at radius 3 is 2.75 bits per heavy atom.